The lowest BCUT2D eigenvalue weighted by atomic mass is 9.81. The molecule has 154 valence electrons. The van der Waals surface area contributed by atoms with Crippen molar-refractivity contribution in [3.05, 3.63) is 0 Å². The van der Waals surface area contributed by atoms with E-state index in [1.54, 1.807) is 6.92 Å². The molecule has 0 heterocycles. The van der Waals surface area contributed by atoms with E-state index in [0.717, 1.165) is 24.7 Å². The van der Waals surface area contributed by atoms with Gasteiger partial charge >= 0.3 is 24.1 Å². The Bertz CT molecular complexity index is 609. The fourth-order valence-electron chi connectivity index (χ4n) is 2.57. The highest BCUT2D eigenvalue weighted by Gasteiger charge is 2.43. The summed E-state index contributed by atoms with van der Waals surface area (Å²) in [7, 11) is 1.38. The lowest BCUT2D eigenvalue weighted by Gasteiger charge is -2.39. The molecule has 1 saturated carbocycles. The van der Waals surface area contributed by atoms with Gasteiger partial charge in [-0.25, -0.2) is 9.59 Å². The first-order chi connectivity index (χ1) is 12.3. The highest BCUT2D eigenvalue weighted by Crippen LogP contribution is 2.30. The summed E-state index contributed by atoms with van der Waals surface area (Å²) in [5.41, 5.74) is -1.03. The Morgan fingerprint density at radius 1 is 1.19 bits per heavy atom. The number of carbonyl (C=O) groups is 4. The van der Waals surface area contributed by atoms with Crippen LogP contribution in [-0.4, -0.2) is 59.7 Å². The molecule has 0 bridgehead atoms. The van der Waals surface area contributed by atoms with Gasteiger partial charge in [-0.15, -0.1) is 0 Å². The molecule has 0 aromatic rings. The van der Waals surface area contributed by atoms with Crippen LogP contribution in [0.15, 0.2) is 0 Å². The number of halogens is 3. The molecular weight excluding hydrogens is 373 g/mol. The van der Waals surface area contributed by atoms with E-state index in [9.17, 15) is 32.3 Å². The number of likely N-dealkylation sites (N-methyl/N-ethyl adjacent to an activating group) is 1. The summed E-state index contributed by atoms with van der Waals surface area (Å²) in [5.74, 6) is -3.61. The quantitative estimate of drug-likeness (QED) is 0.563. The summed E-state index contributed by atoms with van der Waals surface area (Å²) in [5, 5.41) is 1.43. The van der Waals surface area contributed by atoms with Crippen molar-refractivity contribution in [1.82, 2.24) is 10.2 Å². The fraction of sp³-hybridized carbons (Fsp3) is 0.750. The van der Waals surface area contributed by atoms with Gasteiger partial charge in [0.1, 0.15) is 11.6 Å². The van der Waals surface area contributed by atoms with Crippen molar-refractivity contribution < 1.29 is 41.8 Å². The third-order valence-corrected chi connectivity index (χ3v) is 4.44. The number of Topliss-reactive ketones (excluding diaryl/α,β-unsaturated/α-hetero) is 1. The molecule has 1 unspecified atom stereocenters. The minimum Gasteiger partial charge on any atom is -0.424 e. The van der Waals surface area contributed by atoms with Crippen molar-refractivity contribution in [2.24, 2.45) is 0 Å². The number of ketones is 1. The summed E-state index contributed by atoms with van der Waals surface area (Å²) < 4.78 is 46.2. The number of esters is 1. The van der Waals surface area contributed by atoms with Crippen LogP contribution in [0.4, 0.5) is 18.0 Å². The van der Waals surface area contributed by atoms with Crippen molar-refractivity contribution >= 4 is 23.8 Å². The third-order valence-electron chi connectivity index (χ3n) is 4.44. The Hall–Kier alpha value is -2.33. The normalized spacial score (nSPS) is 22.4. The summed E-state index contributed by atoms with van der Waals surface area (Å²) in [6, 6.07) is -1.60. The zero-order valence-electron chi connectivity index (χ0n) is 15.5. The van der Waals surface area contributed by atoms with Crippen LogP contribution in [0.1, 0.15) is 46.5 Å². The minimum absolute atomic E-state index is 0.110. The van der Waals surface area contributed by atoms with Gasteiger partial charge in [0, 0.05) is 20.4 Å². The van der Waals surface area contributed by atoms with Gasteiger partial charge in [-0.1, -0.05) is 6.42 Å². The number of amides is 2. The minimum atomic E-state index is -5.14. The molecule has 0 radical (unpaired) electrons. The number of nitrogens with zero attached hydrogens (tertiary/aromatic N) is 1. The molecular formula is C16H23F3N2O6. The second-order valence-electron chi connectivity index (χ2n) is 6.54. The molecule has 1 fully saturated rings. The molecule has 0 aromatic carbocycles. The Kier molecular flexibility index (Phi) is 7.21. The van der Waals surface area contributed by atoms with E-state index < -0.39 is 42.0 Å². The first-order valence-electron chi connectivity index (χ1n) is 8.35. The van der Waals surface area contributed by atoms with Crippen molar-refractivity contribution in [3.8, 4) is 0 Å². The summed E-state index contributed by atoms with van der Waals surface area (Å²) in [6.45, 7) is 3.79. The van der Waals surface area contributed by atoms with Crippen LogP contribution in [0.5, 0.6) is 0 Å². The van der Waals surface area contributed by atoms with Gasteiger partial charge in [0.2, 0.25) is 6.29 Å². The Labute approximate surface area is 154 Å². The number of rotatable bonds is 5. The van der Waals surface area contributed by atoms with Gasteiger partial charge in [-0.05, 0) is 26.7 Å². The molecule has 3 atom stereocenters. The molecule has 0 aliphatic heterocycles. The van der Waals surface area contributed by atoms with Gasteiger partial charge in [0.15, 0.2) is 5.78 Å². The van der Waals surface area contributed by atoms with Crippen molar-refractivity contribution in [3.63, 3.8) is 0 Å². The van der Waals surface area contributed by atoms with Crippen LogP contribution in [0.25, 0.3) is 0 Å². The molecule has 0 spiro atoms. The average Bonchev–Trinajstić information content (AvgIpc) is 2.55. The number of hydrogen-bond acceptors (Lipinski definition) is 6. The summed E-state index contributed by atoms with van der Waals surface area (Å²) in [6.07, 6.45) is -5.17. The molecule has 8 nitrogen and oxygen atoms in total. The van der Waals surface area contributed by atoms with Gasteiger partial charge in [-0.3, -0.25) is 14.5 Å². The maximum atomic E-state index is 12.2. The van der Waals surface area contributed by atoms with Crippen LogP contribution in [0.3, 0.4) is 0 Å². The molecule has 2 amide bonds. The van der Waals surface area contributed by atoms with Crippen molar-refractivity contribution in [2.75, 3.05) is 7.05 Å². The van der Waals surface area contributed by atoms with E-state index in [-0.39, 0.29) is 5.78 Å². The molecule has 1 aliphatic carbocycles. The maximum absolute atomic E-state index is 12.2. The number of nitrogens with one attached hydrogen (secondary N) is 1. The number of carbonyl (C=O) groups excluding carboxylic acids is 4. The van der Waals surface area contributed by atoms with Crippen LogP contribution in [0.2, 0.25) is 0 Å². The van der Waals surface area contributed by atoms with E-state index in [4.69, 9.17) is 9.47 Å². The fourth-order valence-corrected chi connectivity index (χ4v) is 2.57. The van der Waals surface area contributed by atoms with Gasteiger partial charge in [0.25, 0.3) is 0 Å². The van der Waals surface area contributed by atoms with E-state index in [0.29, 0.717) is 12.8 Å². The molecule has 11 heteroatoms. The van der Waals surface area contributed by atoms with Crippen molar-refractivity contribution in [1.29, 1.82) is 0 Å². The van der Waals surface area contributed by atoms with Crippen LogP contribution in [0, 0.1) is 0 Å². The molecule has 27 heavy (non-hydrogen) atoms. The SMILES string of the molecule is CC(OC(=O)[C@H](C)NC(=O)C(F)(F)F)OC(=O)N(C)[C@]1(C)CCCCC1=O. The van der Waals surface area contributed by atoms with Crippen LogP contribution in [-0.2, 0) is 23.9 Å². The molecule has 1 aliphatic rings. The lowest BCUT2D eigenvalue weighted by Crippen LogP contribution is -2.55. The second-order valence-corrected chi connectivity index (χ2v) is 6.54. The topological polar surface area (TPSA) is 102 Å². The van der Waals surface area contributed by atoms with Crippen LogP contribution < -0.4 is 5.32 Å². The zero-order valence-corrected chi connectivity index (χ0v) is 15.5. The Morgan fingerprint density at radius 2 is 1.78 bits per heavy atom. The monoisotopic (exact) mass is 396 g/mol. The average molecular weight is 396 g/mol. The predicted molar refractivity (Wildman–Crippen MR) is 85.3 cm³/mol. The largest absolute Gasteiger partial charge is 0.471 e. The van der Waals surface area contributed by atoms with Crippen molar-refractivity contribution in [2.45, 2.75) is 70.5 Å². The van der Waals surface area contributed by atoms with E-state index >= 15 is 0 Å². The van der Waals surface area contributed by atoms with E-state index in [1.165, 1.54) is 19.3 Å². The van der Waals surface area contributed by atoms with E-state index in [2.05, 4.69) is 0 Å². The zero-order chi connectivity index (χ0) is 21.0. The molecule has 0 saturated heterocycles. The first kappa shape index (κ1) is 22.7. The maximum Gasteiger partial charge on any atom is 0.471 e. The number of ether oxygens (including phenoxy) is 2. The van der Waals surface area contributed by atoms with Gasteiger partial charge in [-0.2, -0.15) is 13.2 Å². The van der Waals surface area contributed by atoms with Gasteiger partial charge in [0.05, 0.1) is 0 Å². The number of hydrogen-bond donors (Lipinski definition) is 1. The summed E-state index contributed by atoms with van der Waals surface area (Å²) in [4.78, 5) is 48.0. The first-order valence-corrected chi connectivity index (χ1v) is 8.35. The van der Waals surface area contributed by atoms with E-state index in [1.807, 2.05) is 0 Å². The molecule has 1 rings (SSSR count). The summed E-state index contributed by atoms with van der Waals surface area (Å²) >= 11 is 0. The Balaban J connectivity index is 2.59. The highest BCUT2D eigenvalue weighted by molar-refractivity contribution is 5.91. The predicted octanol–water partition coefficient (Wildman–Crippen LogP) is 1.91. The third kappa shape index (κ3) is 5.83. The Morgan fingerprint density at radius 3 is 2.30 bits per heavy atom. The number of alkyl halides is 3. The highest BCUT2D eigenvalue weighted by atomic mass is 19.4. The lowest BCUT2D eigenvalue weighted by molar-refractivity contribution is -0.179. The molecule has 1 N–H and O–H groups in total. The van der Waals surface area contributed by atoms with Gasteiger partial charge < -0.3 is 14.8 Å². The smallest absolute Gasteiger partial charge is 0.424 e. The molecule has 0 aromatic heterocycles. The second kappa shape index (κ2) is 8.57. The standard InChI is InChI=1S/C16H23F3N2O6/c1-9(20-13(24)16(17,18)19)12(23)26-10(2)27-14(25)21(4)15(3)8-6-5-7-11(15)22/h9-10H,5-8H2,1-4H3,(H,20,24)/t9-,10?,15+/m0/s1. The van der Waals surface area contributed by atoms with Crippen LogP contribution >= 0.6 is 0 Å².